The molecular weight excluding hydrogens is 312 g/mol. The van der Waals surface area contributed by atoms with E-state index in [4.69, 9.17) is 0 Å². The Bertz CT molecular complexity index is 518. The number of likely N-dealkylation sites (tertiary alicyclic amines) is 1. The Kier molecular flexibility index (Phi) is 4.94. The summed E-state index contributed by atoms with van der Waals surface area (Å²) >= 11 is 1.77. The highest BCUT2D eigenvalue weighted by molar-refractivity contribution is 7.98. The predicted molar refractivity (Wildman–Crippen MR) is 92.2 cm³/mol. The maximum atomic E-state index is 12.5. The van der Waals surface area contributed by atoms with E-state index in [1.54, 1.807) is 18.8 Å². The van der Waals surface area contributed by atoms with Crippen molar-refractivity contribution < 1.29 is 9.59 Å². The maximum Gasteiger partial charge on any atom is 0.233 e. The van der Waals surface area contributed by atoms with E-state index < -0.39 is 0 Å². The number of thioether (sulfide) groups is 1. The third kappa shape index (κ3) is 2.98. The molecule has 1 saturated heterocycles. The number of carbonyl (C=O) groups is 2. The molecule has 0 aromatic rings. The monoisotopic (exact) mass is 336 g/mol. The highest BCUT2D eigenvalue weighted by Crippen LogP contribution is 2.52. The third-order valence-corrected chi connectivity index (χ3v) is 5.62. The van der Waals surface area contributed by atoms with E-state index in [9.17, 15) is 9.59 Å². The van der Waals surface area contributed by atoms with Crippen LogP contribution in [0.5, 0.6) is 0 Å². The van der Waals surface area contributed by atoms with Crippen molar-refractivity contribution in [2.24, 2.45) is 28.7 Å². The summed E-state index contributed by atoms with van der Waals surface area (Å²) in [6.45, 7) is 1.77. The van der Waals surface area contributed by atoms with Crippen LogP contribution in [0.3, 0.4) is 0 Å². The lowest BCUT2D eigenvalue weighted by Gasteiger charge is -2.18. The molecule has 2 bridgehead atoms. The Hall–Kier alpha value is -1.50. The molecule has 0 spiro atoms. The van der Waals surface area contributed by atoms with Crippen molar-refractivity contribution in [2.45, 2.75) is 6.42 Å². The van der Waals surface area contributed by atoms with Gasteiger partial charge in [0.15, 0.2) is 5.96 Å². The van der Waals surface area contributed by atoms with E-state index in [-0.39, 0.29) is 35.5 Å². The van der Waals surface area contributed by atoms with Crippen molar-refractivity contribution in [3.8, 4) is 0 Å². The number of aliphatic imine (C=N–C) groups is 1. The number of imide groups is 1. The molecule has 23 heavy (non-hydrogen) atoms. The van der Waals surface area contributed by atoms with Gasteiger partial charge in [-0.15, -0.1) is 0 Å². The molecule has 0 radical (unpaired) electrons. The summed E-state index contributed by atoms with van der Waals surface area (Å²) in [5.41, 5.74) is 0. The Balaban J connectivity index is 1.50. The zero-order valence-electron chi connectivity index (χ0n) is 13.6. The van der Waals surface area contributed by atoms with Crippen LogP contribution < -0.4 is 10.6 Å². The van der Waals surface area contributed by atoms with Crippen LogP contribution in [0.4, 0.5) is 0 Å². The minimum Gasteiger partial charge on any atom is -0.356 e. The van der Waals surface area contributed by atoms with E-state index in [0.717, 1.165) is 18.7 Å². The number of hydrogen-bond acceptors (Lipinski definition) is 4. The van der Waals surface area contributed by atoms with Crippen LogP contribution in [0.15, 0.2) is 17.1 Å². The lowest BCUT2D eigenvalue weighted by molar-refractivity contribution is -0.140. The molecule has 2 fully saturated rings. The zero-order valence-corrected chi connectivity index (χ0v) is 14.4. The number of nitrogens with zero attached hydrogens (tertiary/aromatic N) is 2. The molecule has 2 N–H and O–H groups in total. The van der Waals surface area contributed by atoms with Crippen molar-refractivity contribution in [2.75, 3.05) is 38.7 Å². The van der Waals surface area contributed by atoms with Crippen LogP contribution in [0.2, 0.25) is 0 Å². The highest BCUT2D eigenvalue weighted by atomic mass is 32.2. The summed E-state index contributed by atoms with van der Waals surface area (Å²) in [7, 11) is 1.72. The Morgan fingerprint density at radius 1 is 1.22 bits per heavy atom. The Labute approximate surface area is 141 Å². The molecule has 1 saturated carbocycles. The minimum absolute atomic E-state index is 0.0176. The minimum atomic E-state index is -0.100. The van der Waals surface area contributed by atoms with Crippen molar-refractivity contribution in [3.05, 3.63) is 12.2 Å². The van der Waals surface area contributed by atoms with Gasteiger partial charge in [0, 0.05) is 32.4 Å². The number of rotatable bonds is 6. The Morgan fingerprint density at radius 2 is 1.83 bits per heavy atom. The summed E-state index contributed by atoms with van der Waals surface area (Å²) in [6.07, 6.45) is 7.28. The maximum absolute atomic E-state index is 12.5. The van der Waals surface area contributed by atoms with Crippen LogP contribution in [0.25, 0.3) is 0 Å². The van der Waals surface area contributed by atoms with E-state index in [1.807, 2.05) is 0 Å². The molecule has 3 rings (SSSR count). The summed E-state index contributed by atoms with van der Waals surface area (Å²) < 4.78 is 0. The van der Waals surface area contributed by atoms with Gasteiger partial charge in [0.1, 0.15) is 0 Å². The smallest absolute Gasteiger partial charge is 0.233 e. The molecule has 7 heteroatoms. The van der Waals surface area contributed by atoms with Crippen LogP contribution in [0.1, 0.15) is 6.42 Å². The molecule has 6 nitrogen and oxygen atoms in total. The second-order valence-electron chi connectivity index (χ2n) is 6.25. The zero-order chi connectivity index (χ0) is 16.4. The first kappa shape index (κ1) is 16.4. The normalized spacial score (nSPS) is 31.9. The largest absolute Gasteiger partial charge is 0.356 e. The quantitative estimate of drug-likeness (QED) is 0.240. The van der Waals surface area contributed by atoms with Crippen LogP contribution in [0, 0.1) is 23.7 Å². The van der Waals surface area contributed by atoms with Crippen LogP contribution >= 0.6 is 11.8 Å². The van der Waals surface area contributed by atoms with E-state index in [2.05, 4.69) is 34.0 Å². The molecule has 126 valence electrons. The highest BCUT2D eigenvalue weighted by Gasteiger charge is 2.58. The standard InChI is InChI=1S/C16H24N4O2S/c1-17-16(19-6-8-23-2)18-5-7-20-14(21)12-10-3-4-11(9-10)13(12)15(20)22/h3-4,10-13H,5-9H2,1-2H3,(H2,17,18,19). The number of carbonyl (C=O) groups excluding carboxylic acids is 2. The van der Waals surface area contributed by atoms with Gasteiger partial charge in [-0.1, -0.05) is 12.2 Å². The van der Waals surface area contributed by atoms with Gasteiger partial charge in [-0.2, -0.15) is 11.8 Å². The SMILES string of the molecule is CN=C(NCCSC)NCCN1C(=O)C2C3C=CC(C3)C2C1=O. The molecule has 1 aliphatic heterocycles. The van der Waals surface area contributed by atoms with Gasteiger partial charge in [0.2, 0.25) is 11.8 Å². The molecule has 2 aliphatic carbocycles. The molecular formula is C16H24N4O2S. The fourth-order valence-electron chi connectivity index (χ4n) is 3.96. The summed E-state index contributed by atoms with van der Waals surface area (Å²) in [6, 6.07) is 0. The molecule has 0 aromatic heterocycles. The second kappa shape index (κ2) is 6.95. The summed E-state index contributed by atoms with van der Waals surface area (Å²) in [4.78, 5) is 30.7. The molecule has 0 aromatic carbocycles. The average Bonchev–Trinajstić information content (AvgIpc) is 3.22. The lowest BCUT2D eigenvalue weighted by Crippen LogP contribution is -2.44. The topological polar surface area (TPSA) is 73.8 Å². The summed E-state index contributed by atoms with van der Waals surface area (Å²) in [5, 5.41) is 6.37. The van der Waals surface area contributed by atoms with Crippen LogP contribution in [-0.2, 0) is 9.59 Å². The van der Waals surface area contributed by atoms with Gasteiger partial charge < -0.3 is 10.6 Å². The first-order valence-electron chi connectivity index (χ1n) is 8.14. The van der Waals surface area contributed by atoms with Crippen molar-refractivity contribution >= 4 is 29.5 Å². The predicted octanol–water partition coefficient (Wildman–Crippen LogP) is 0.321. The van der Waals surface area contributed by atoms with Crippen molar-refractivity contribution in [3.63, 3.8) is 0 Å². The van der Waals surface area contributed by atoms with Gasteiger partial charge >= 0.3 is 0 Å². The second-order valence-corrected chi connectivity index (χ2v) is 7.23. The molecule has 2 amide bonds. The number of guanidine groups is 1. The summed E-state index contributed by atoms with van der Waals surface area (Å²) in [5.74, 6) is 2.10. The Morgan fingerprint density at radius 3 is 2.39 bits per heavy atom. The van der Waals surface area contributed by atoms with Crippen LogP contribution in [-0.4, -0.2) is 61.4 Å². The van der Waals surface area contributed by atoms with Gasteiger partial charge in [-0.3, -0.25) is 19.5 Å². The molecule has 1 heterocycles. The van der Waals surface area contributed by atoms with E-state index in [0.29, 0.717) is 19.0 Å². The third-order valence-electron chi connectivity index (χ3n) is 5.01. The lowest BCUT2D eigenvalue weighted by atomic mass is 9.85. The van der Waals surface area contributed by atoms with E-state index >= 15 is 0 Å². The average molecular weight is 336 g/mol. The fraction of sp³-hybridized carbons (Fsp3) is 0.688. The van der Waals surface area contributed by atoms with E-state index in [1.165, 1.54) is 4.90 Å². The number of hydrogen-bond donors (Lipinski definition) is 2. The van der Waals surface area contributed by atoms with Crippen molar-refractivity contribution in [1.82, 2.24) is 15.5 Å². The van der Waals surface area contributed by atoms with Gasteiger partial charge in [-0.25, -0.2) is 0 Å². The van der Waals surface area contributed by atoms with Crippen molar-refractivity contribution in [1.29, 1.82) is 0 Å². The first-order chi connectivity index (χ1) is 11.2. The fourth-order valence-corrected chi connectivity index (χ4v) is 4.27. The number of amides is 2. The first-order valence-corrected chi connectivity index (χ1v) is 9.53. The molecule has 4 unspecified atom stereocenters. The number of nitrogens with one attached hydrogen (secondary N) is 2. The molecule has 3 aliphatic rings. The number of allylic oxidation sites excluding steroid dienone is 2. The van der Waals surface area contributed by atoms with Gasteiger partial charge in [-0.05, 0) is 24.5 Å². The van der Waals surface area contributed by atoms with Gasteiger partial charge in [0.05, 0.1) is 11.8 Å². The molecule has 4 atom stereocenters. The van der Waals surface area contributed by atoms with Gasteiger partial charge in [0.25, 0.3) is 0 Å². The number of fused-ring (bicyclic) bond motifs is 5.